The molecule has 0 bridgehead atoms. The van der Waals surface area contributed by atoms with Crippen molar-refractivity contribution in [3.63, 3.8) is 0 Å². The molecule has 4 nitrogen and oxygen atoms in total. The van der Waals surface area contributed by atoms with E-state index in [0.29, 0.717) is 19.6 Å². The minimum absolute atomic E-state index is 0.141. The first kappa shape index (κ1) is 14.5. The molecule has 1 rings (SSSR count). The third kappa shape index (κ3) is 4.28. The molecule has 1 saturated heterocycles. The predicted molar refractivity (Wildman–Crippen MR) is 68.8 cm³/mol. The fourth-order valence-corrected chi connectivity index (χ4v) is 2.42. The van der Waals surface area contributed by atoms with E-state index >= 15 is 0 Å². The van der Waals surface area contributed by atoms with Gasteiger partial charge in [0.2, 0.25) is 5.91 Å². The van der Waals surface area contributed by atoms with Crippen LogP contribution in [0.5, 0.6) is 0 Å². The molecule has 0 spiro atoms. The minimum Gasteiger partial charge on any atom is -0.396 e. The van der Waals surface area contributed by atoms with Gasteiger partial charge in [-0.1, -0.05) is 6.92 Å². The van der Waals surface area contributed by atoms with Crippen LogP contribution in [0.4, 0.5) is 0 Å². The molecule has 100 valence electrons. The summed E-state index contributed by atoms with van der Waals surface area (Å²) in [6.45, 7) is 7.96. The number of rotatable bonds is 6. The lowest BCUT2D eigenvalue weighted by atomic mass is 9.77. The third-order valence-corrected chi connectivity index (χ3v) is 4.03. The number of aliphatic hydroxyl groups excluding tert-OH is 1. The second kappa shape index (κ2) is 6.97. The Morgan fingerprint density at radius 2 is 2.00 bits per heavy atom. The number of nitrogens with zero attached hydrogens (tertiary/aromatic N) is 1. The van der Waals surface area contributed by atoms with Gasteiger partial charge in [0.1, 0.15) is 0 Å². The largest absolute Gasteiger partial charge is 0.396 e. The standard InChI is InChI=1S/C13H26N2O2/c1-3-13(11-16)6-9-15(10-7-13)8-5-12(17)14-4-2/h16H,3-11H2,1-2H3,(H,14,17). The summed E-state index contributed by atoms with van der Waals surface area (Å²) in [5.74, 6) is 0.141. The van der Waals surface area contributed by atoms with Crippen LogP contribution < -0.4 is 5.32 Å². The minimum atomic E-state index is 0.141. The average Bonchev–Trinajstić information content (AvgIpc) is 2.37. The Balaban J connectivity index is 2.25. The Bertz CT molecular complexity index is 230. The second-order valence-electron chi connectivity index (χ2n) is 5.06. The lowest BCUT2D eigenvalue weighted by Crippen LogP contribution is -2.42. The number of hydrogen-bond acceptors (Lipinski definition) is 3. The molecule has 1 aliphatic heterocycles. The molecule has 2 N–H and O–H groups in total. The van der Waals surface area contributed by atoms with Crippen LogP contribution >= 0.6 is 0 Å². The normalized spacial score (nSPS) is 20.2. The zero-order chi connectivity index (χ0) is 12.7. The van der Waals surface area contributed by atoms with E-state index in [1.165, 1.54) is 0 Å². The maximum absolute atomic E-state index is 11.3. The highest BCUT2D eigenvalue weighted by molar-refractivity contribution is 5.75. The molecule has 17 heavy (non-hydrogen) atoms. The van der Waals surface area contributed by atoms with Gasteiger partial charge in [0.05, 0.1) is 0 Å². The fourth-order valence-electron chi connectivity index (χ4n) is 2.42. The van der Waals surface area contributed by atoms with E-state index in [0.717, 1.165) is 38.9 Å². The van der Waals surface area contributed by atoms with Gasteiger partial charge in [-0.2, -0.15) is 0 Å². The van der Waals surface area contributed by atoms with E-state index in [1.807, 2.05) is 6.92 Å². The zero-order valence-corrected chi connectivity index (χ0v) is 11.2. The molecular formula is C13H26N2O2. The molecule has 0 aromatic carbocycles. The third-order valence-electron chi connectivity index (χ3n) is 4.03. The molecule has 0 atom stereocenters. The van der Waals surface area contributed by atoms with Gasteiger partial charge >= 0.3 is 0 Å². The topological polar surface area (TPSA) is 52.6 Å². The van der Waals surface area contributed by atoms with Gasteiger partial charge in [-0.15, -0.1) is 0 Å². The summed E-state index contributed by atoms with van der Waals surface area (Å²) < 4.78 is 0. The number of amides is 1. The van der Waals surface area contributed by atoms with E-state index < -0.39 is 0 Å². The molecule has 1 fully saturated rings. The highest BCUT2D eigenvalue weighted by atomic mass is 16.3. The lowest BCUT2D eigenvalue weighted by molar-refractivity contribution is -0.121. The van der Waals surface area contributed by atoms with Crippen molar-refractivity contribution in [3.8, 4) is 0 Å². The molecule has 1 aliphatic rings. The maximum atomic E-state index is 11.3. The first-order chi connectivity index (χ1) is 8.15. The van der Waals surface area contributed by atoms with E-state index in [9.17, 15) is 9.90 Å². The van der Waals surface area contributed by atoms with Crippen LogP contribution in [0.25, 0.3) is 0 Å². The number of hydrogen-bond donors (Lipinski definition) is 2. The monoisotopic (exact) mass is 242 g/mol. The van der Waals surface area contributed by atoms with Crippen LogP contribution in [0.3, 0.4) is 0 Å². The van der Waals surface area contributed by atoms with Crippen LogP contribution in [-0.4, -0.2) is 48.7 Å². The van der Waals surface area contributed by atoms with Crippen molar-refractivity contribution < 1.29 is 9.90 Å². The Hall–Kier alpha value is -0.610. The van der Waals surface area contributed by atoms with Crippen LogP contribution in [0.2, 0.25) is 0 Å². The smallest absolute Gasteiger partial charge is 0.221 e. The van der Waals surface area contributed by atoms with Gasteiger partial charge in [0, 0.05) is 26.1 Å². The first-order valence-corrected chi connectivity index (χ1v) is 6.75. The summed E-state index contributed by atoms with van der Waals surface area (Å²) in [7, 11) is 0. The van der Waals surface area contributed by atoms with Gasteiger partial charge in [0.25, 0.3) is 0 Å². The van der Waals surface area contributed by atoms with Crippen molar-refractivity contribution in [1.29, 1.82) is 0 Å². The van der Waals surface area contributed by atoms with Gasteiger partial charge in [-0.05, 0) is 44.7 Å². The summed E-state index contributed by atoms with van der Waals surface area (Å²) in [5, 5.41) is 12.3. The van der Waals surface area contributed by atoms with Gasteiger partial charge < -0.3 is 15.3 Å². The summed E-state index contributed by atoms with van der Waals surface area (Å²) in [4.78, 5) is 13.7. The molecule has 0 radical (unpaired) electrons. The Labute approximate surface area is 104 Å². The number of likely N-dealkylation sites (tertiary alicyclic amines) is 1. The summed E-state index contributed by atoms with van der Waals surface area (Å²) in [6, 6.07) is 0. The van der Waals surface area contributed by atoms with E-state index in [1.54, 1.807) is 0 Å². The summed E-state index contributed by atoms with van der Waals surface area (Å²) >= 11 is 0. The predicted octanol–water partition coefficient (Wildman–Crippen LogP) is 0.997. The van der Waals surface area contributed by atoms with Crippen molar-refractivity contribution in [2.45, 2.75) is 39.5 Å². The van der Waals surface area contributed by atoms with E-state index in [-0.39, 0.29) is 11.3 Å². The van der Waals surface area contributed by atoms with Crippen molar-refractivity contribution in [3.05, 3.63) is 0 Å². The molecular weight excluding hydrogens is 216 g/mol. The molecule has 0 unspecified atom stereocenters. The van der Waals surface area contributed by atoms with Crippen LogP contribution in [0.15, 0.2) is 0 Å². The zero-order valence-electron chi connectivity index (χ0n) is 11.2. The molecule has 0 aliphatic carbocycles. The van der Waals surface area contributed by atoms with E-state index in [4.69, 9.17) is 0 Å². The maximum Gasteiger partial charge on any atom is 0.221 e. The Morgan fingerprint density at radius 1 is 1.35 bits per heavy atom. The molecule has 0 aromatic heterocycles. The molecule has 1 amide bonds. The van der Waals surface area contributed by atoms with Crippen LogP contribution in [-0.2, 0) is 4.79 Å². The summed E-state index contributed by atoms with van der Waals surface area (Å²) in [5.41, 5.74) is 0.141. The second-order valence-corrected chi connectivity index (χ2v) is 5.06. The van der Waals surface area contributed by atoms with Crippen molar-refractivity contribution in [1.82, 2.24) is 10.2 Å². The number of carbonyl (C=O) groups excluding carboxylic acids is 1. The van der Waals surface area contributed by atoms with Gasteiger partial charge in [-0.25, -0.2) is 0 Å². The first-order valence-electron chi connectivity index (χ1n) is 6.75. The Morgan fingerprint density at radius 3 is 2.47 bits per heavy atom. The van der Waals surface area contributed by atoms with Gasteiger partial charge in [0.15, 0.2) is 0 Å². The number of piperidine rings is 1. The molecule has 0 saturated carbocycles. The van der Waals surface area contributed by atoms with Crippen molar-refractivity contribution in [2.24, 2.45) is 5.41 Å². The number of carbonyl (C=O) groups is 1. The Kier molecular flexibility index (Phi) is 5.92. The molecule has 4 heteroatoms. The van der Waals surface area contributed by atoms with E-state index in [2.05, 4.69) is 17.1 Å². The molecule has 0 aromatic rings. The highest BCUT2D eigenvalue weighted by Crippen LogP contribution is 2.34. The summed E-state index contributed by atoms with van der Waals surface area (Å²) in [6.07, 6.45) is 3.74. The van der Waals surface area contributed by atoms with Crippen LogP contribution in [0, 0.1) is 5.41 Å². The van der Waals surface area contributed by atoms with Crippen molar-refractivity contribution >= 4 is 5.91 Å². The SMILES string of the molecule is CCNC(=O)CCN1CCC(CC)(CO)CC1. The number of aliphatic hydroxyl groups is 1. The van der Waals surface area contributed by atoms with Crippen LogP contribution in [0.1, 0.15) is 39.5 Å². The van der Waals surface area contributed by atoms with Crippen molar-refractivity contribution in [2.75, 3.05) is 32.8 Å². The number of nitrogens with one attached hydrogen (secondary N) is 1. The highest BCUT2D eigenvalue weighted by Gasteiger charge is 2.32. The fraction of sp³-hybridized carbons (Fsp3) is 0.923. The van der Waals surface area contributed by atoms with Gasteiger partial charge in [-0.3, -0.25) is 4.79 Å². The molecule has 1 heterocycles. The lowest BCUT2D eigenvalue weighted by Gasteiger charge is -2.40. The quantitative estimate of drug-likeness (QED) is 0.730. The average molecular weight is 242 g/mol.